The number of carboxylic acids is 1. The maximum Gasteiger partial charge on any atom is 0.303 e. The normalized spacial score (nSPS) is 16.1. The lowest BCUT2D eigenvalue weighted by molar-refractivity contribution is -0.138. The van der Waals surface area contributed by atoms with Gasteiger partial charge < -0.3 is 15.3 Å². The highest BCUT2D eigenvalue weighted by atomic mass is 35.5. The number of nitrogens with zero attached hydrogens (tertiary/aromatic N) is 4. The summed E-state index contributed by atoms with van der Waals surface area (Å²) in [4.78, 5) is 43.9. The van der Waals surface area contributed by atoms with E-state index < -0.39 is 12.0 Å². The van der Waals surface area contributed by atoms with Gasteiger partial charge in [-0.25, -0.2) is 4.98 Å². The average molecular weight is 500 g/mol. The number of aliphatic carboxylic acids is 1. The van der Waals surface area contributed by atoms with Gasteiger partial charge in [0.1, 0.15) is 11.9 Å². The molecule has 186 valence electrons. The number of hydrogen-bond donors (Lipinski definition) is 2. The Morgan fingerprint density at radius 3 is 2.69 bits per heavy atom. The number of halogens is 1. The maximum absolute atomic E-state index is 13.2. The van der Waals surface area contributed by atoms with Gasteiger partial charge in [-0.3, -0.25) is 23.4 Å². The Kier molecular flexibility index (Phi) is 7.87. The van der Waals surface area contributed by atoms with Crippen molar-refractivity contribution in [1.29, 1.82) is 0 Å². The van der Waals surface area contributed by atoms with Gasteiger partial charge in [0.05, 0.1) is 12.1 Å². The number of carbonyl (C=O) groups excluding carboxylic acids is 1. The summed E-state index contributed by atoms with van der Waals surface area (Å²) in [6.07, 6.45) is 4.43. The van der Waals surface area contributed by atoms with E-state index in [1.165, 1.54) is 0 Å². The molecule has 1 atom stereocenters. The van der Waals surface area contributed by atoms with Crippen LogP contribution in [0.25, 0.3) is 17.0 Å². The molecule has 10 heteroatoms. The molecule has 0 saturated carbocycles. The first-order valence-electron chi connectivity index (χ1n) is 12.0. The number of Topliss-reactive ketones (excluding diaryl/α,β-unsaturated/α-hetero) is 1. The van der Waals surface area contributed by atoms with E-state index in [0.717, 1.165) is 24.8 Å². The fourth-order valence-electron chi connectivity index (χ4n) is 4.48. The predicted octanol–water partition coefficient (Wildman–Crippen LogP) is 3.22. The van der Waals surface area contributed by atoms with E-state index in [2.05, 4.69) is 12.2 Å². The second kappa shape index (κ2) is 11.0. The van der Waals surface area contributed by atoms with Gasteiger partial charge in [0, 0.05) is 55.4 Å². The summed E-state index contributed by atoms with van der Waals surface area (Å²) >= 11 is 6.03. The lowest BCUT2D eigenvalue weighted by Crippen LogP contribution is -2.56. The van der Waals surface area contributed by atoms with E-state index >= 15 is 0 Å². The highest BCUT2D eigenvalue weighted by molar-refractivity contribution is 6.30. The maximum atomic E-state index is 13.2. The topological polar surface area (TPSA) is 109 Å². The molecule has 35 heavy (non-hydrogen) atoms. The SMILES string of the molecule is CCCCCn1c(N2CCNC[C@@H]2C(=O)CCC(=O)O)cc(=O)n2cc(-c3ccc(Cl)cc3)nc12. The van der Waals surface area contributed by atoms with Crippen molar-refractivity contribution in [1.82, 2.24) is 19.3 Å². The highest BCUT2D eigenvalue weighted by Crippen LogP contribution is 2.25. The number of benzene rings is 1. The zero-order valence-electron chi connectivity index (χ0n) is 19.7. The van der Waals surface area contributed by atoms with Crippen molar-refractivity contribution in [2.75, 3.05) is 24.5 Å². The Hall–Kier alpha value is -3.17. The number of anilines is 1. The number of nitrogens with one attached hydrogen (secondary N) is 1. The number of aromatic nitrogens is 3. The first-order chi connectivity index (χ1) is 16.9. The Labute approximate surface area is 208 Å². The average Bonchev–Trinajstić information content (AvgIpc) is 3.30. The standard InChI is InChI=1S/C25H30ClN5O4/c1-2-3-4-12-30-22(29-13-11-27-15-20(29)21(32)9-10-24(34)35)14-23(33)31-16-19(28-25(30)31)17-5-7-18(26)8-6-17/h5-8,14,16,20,27H,2-4,9-13,15H2,1H3,(H,34,35)/t20-/m1/s1. The van der Waals surface area contributed by atoms with Crippen LogP contribution in [-0.2, 0) is 16.1 Å². The molecule has 3 aromatic rings. The van der Waals surface area contributed by atoms with Gasteiger partial charge in [0.25, 0.3) is 5.56 Å². The number of carboxylic acid groups (broad SMARTS) is 1. The minimum Gasteiger partial charge on any atom is -0.481 e. The third-order valence-corrected chi connectivity index (χ3v) is 6.57. The summed E-state index contributed by atoms with van der Waals surface area (Å²) in [5.74, 6) is 0.00163. The smallest absolute Gasteiger partial charge is 0.303 e. The van der Waals surface area contributed by atoms with Gasteiger partial charge in [0.15, 0.2) is 5.78 Å². The molecule has 0 bridgehead atoms. The molecule has 3 heterocycles. The molecule has 1 aliphatic heterocycles. The fourth-order valence-corrected chi connectivity index (χ4v) is 4.60. The summed E-state index contributed by atoms with van der Waals surface area (Å²) in [5.41, 5.74) is 1.28. The van der Waals surface area contributed by atoms with Gasteiger partial charge in [-0.1, -0.05) is 43.5 Å². The molecule has 9 nitrogen and oxygen atoms in total. The Morgan fingerprint density at radius 1 is 1.20 bits per heavy atom. The van der Waals surface area contributed by atoms with E-state index in [1.54, 1.807) is 28.8 Å². The fraction of sp³-hybridized carbons (Fsp3) is 0.440. The lowest BCUT2D eigenvalue weighted by Gasteiger charge is -2.38. The molecule has 1 fully saturated rings. The molecule has 0 radical (unpaired) electrons. The number of fused-ring (bicyclic) bond motifs is 1. The molecular formula is C25H30ClN5O4. The van der Waals surface area contributed by atoms with E-state index in [4.69, 9.17) is 21.7 Å². The van der Waals surface area contributed by atoms with Crippen molar-refractivity contribution in [2.24, 2.45) is 0 Å². The number of unbranched alkanes of at least 4 members (excludes halogenated alkanes) is 2. The summed E-state index contributed by atoms with van der Waals surface area (Å²) in [5, 5.41) is 12.9. The molecule has 0 aliphatic carbocycles. The van der Waals surface area contributed by atoms with Gasteiger partial charge in [0.2, 0.25) is 5.78 Å². The van der Waals surface area contributed by atoms with Crippen LogP contribution in [0, 0.1) is 0 Å². The van der Waals surface area contributed by atoms with Gasteiger partial charge >= 0.3 is 5.97 Å². The van der Waals surface area contributed by atoms with Crippen LogP contribution in [0.5, 0.6) is 0 Å². The van der Waals surface area contributed by atoms with E-state index in [-0.39, 0.29) is 24.2 Å². The molecule has 1 saturated heterocycles. The Bertz CT molecular complexity index is 1270. The van der Waals surface area contributed by atoms with Crippen LogP contribution in [0.2, 0.25) is 5.02 Å². The number of carbonyl (C=O) groups is 2. The molecule has 4 rings (SSSR count). The van der Waals surface area contributed by atoms with Crippen molar-refractivity contribution in [3.63, 3.8) is 0 Å². The second-order valence-corrected chi connectivity index (χ2v) is 9.21. The number of hydrogen-bond acceptors (Lipinski definition) is 6. The van der Waals surface area contributed by atoms with Crippen LogP contribution < -0.4 is 15.8 Å². The molecular weight excluding hydrogens is 470 g/mol. The number of ketones is 1. The van der Waals surface area contributed by atoms with Gasteiger partial charge in [-0.05, 0) is 18.6 Å². The number of aryl methyl sites for hydroxylation is 1. The van der Waals surface area contributed by atoms with Crippen LogP contribution in [0.3, 0.4) is 0 Å². The number of piperazine rings is 1. The number of rotatable bonds is 10. The molecule has 0 amide bonds. The zero-order chi connectivity index (χ0) is 24.9. The van der Waals surface area contributed by atoms with Crippen molar-refractivity contribution in [2.45, 2.75) is 51.6 Å². The molecule has 2 aromatic heterocycles. The summed E-state index contributed by atoms with van der Waals surface area (Å²) in [6.45, 7) is 4.35. The minimum atomic E-state index is -1.00. The highest BCUT2D eigenvalue weighted by Gasteiger charge is 2.31. The predicted molar refractivity (Wildman–Crippen MR) is 135 cm³/mol. The Balaban J connectivity index is 1.80. The molecule has 2 N–H and O–H groups in total. The molecule has 0 spiro atoms. The van der Waals surface area contributed by atoms with Crippen LogP contribution in [0.1, 0.15) is 39.0 Å². The van der Waals surface area contributed by atoms with Crippen LogP contribution in [0.15, 0.2) is 41.3 Å². The first kappa shape index (κ1) is 24.9. The van der Waals surface area contributed by atoms with Gasteiger partial charge in [-0.2, -0.15) is 0 Å². The largest absolute Gasteiger partial charge is 0.481 e. The Morgan fingerprint density at radius 2 is 1.97 bits per heavy atom. The first-order valence-corrected chi connectivity index (χ1v) is 12.4. The summed E-state index contributed by atoms with van der Waals surface area (Å²) < 4.78 is 3.56. The van der Waals surface area contributed by atoms with Gasteiger partial charge in [-0.15, -0.1) is 0 Å². The number of imidazole rings is 1. The quantitative estimate of drug-likeness (QED) is 0.412. The minimum absolute atomic E-state index is 0.0510. The summed E-state index contributed by atoms with van der Waals surface area (Å²) in [7, 11) is 0. The molecule has 0 unspecified atom stereocenters. The lowest BCUT2D eigenvalue weighted by atomic mass is 10.0. The third kappa shape index (κ3) is 5.57. The van der Waals surface area contributed by atoms with E-state index in [0.29, 0.717) is 48.5 Å². The van der Waals surface area contributed by atoms with E-state index in [9.17, 15) is 14.4 Å². The monoisotopic (exact) mass is 499 g/mol. The van der Waals surface area contributed by atoms with Crippen LogP contribution >= 0.6 is 11.6 Å². The second-order valence-electron chi connectivity index (χ2n) is 8.78. The van der Waals surface area contributed by atoms with Crippen LogP contribution in [0.4, 0.5) is 5.82 Å². The molecule has 1 aliphatic rings. The van der Waals surface area contributed by atoms with Crippen molar-refractivity contribution < 1.29 is 14.7 Å². The molecule has 1 aromatic carbocycles. The third-order valence-electron chi connectivity index (χ3n) is 6.32. The summed E-state index contributed by atoms with van der Waals surface area (Å²) in [6, 6.07) is 8.32. The van der Waals surface area contributed by atoms with Crippen molar-refractivity contribution >= 4 is 34.9 Å². The van der Waals surface area contributed by atoms with E-state index in [1.807, 2.05) is 21.6 Å². The van der Waals surface area contributed by atoms with Crippen LogP contribution in [-0.4, -0.2) is 56.5 Å². The van der Waals surface area contributed by atoms with Crippen molar-refractivity contribution in [3.05, 3.63) is 51.9 Å². The zero-order valence-corrected chi connectivity index (χ0v) is 20.5. The van der Waals surface area contributed by atoms with Crippen molar-refractivity contribution in [3.8, 4) is 11.3 Å².